The lowest BCUT2D eigenvalue weighted by atomic mass is 10.0. The number of carbonyl (C=O) groups excluding carboxylic acids is 2. The molecule has 3 aromatic rings. The Hall–Kier alpha value is -3.00. The number of hydrogen-bond acceptors (Lipinski definition) is 6. The number of aryl methyl sites for hydroxylation is 2. The van der Waals surface area contributed by atoms with Gasteiger partial charge >= 0.3 is 0 Å². The lowest BCUT2D eigenvalue weighted by molar-refractivity contribution is -0.140. The van der Waals surface area contributed by atoms with Gasteiger partial charge in [0.1, 0.15) is 11.8 Å². The average Bonchev–Trinajstić information content (AvgIpc) is 3.55. The average molecular weight is 467 g/mol. The lowest BCUT2D eigenvalue weighted by Gasteiger charge is -2.28. The molecule has 1 aromatic carbocycles. The largest absolute Gasteiger partial charge is 0.360 e. The van der Waals surface area contributed by atoms with Crippen molar-refractivity contribution in [2.24, 2.45) is 0 Å². The van der Waals surface area contributed by atoms with Crippen LogP contribution in [0.3, 0.4) is 0 Å². The van der Waals surface area contributed by atoms with Gasteiger partial charge in [-0.25, -0.2) is 4.98 Å². The molecule has 33 heavy (non-hydrogen) atoms. The summed E-state index contributed by atoms with van der Waals surface area (Å²) in [6.45, 7) is 8.34. The van der Waals surface area contributed by atoms with Crippen molar-refractivity contribution < 1.29 is 14.1 Å². The molecule has 2 amide bonds. The van der Waals surface area contributed by atoms with Gasteiger partial charge < -0.3 is 14.7 Å². The molecule has 3 atom stereocenters. The maximum atomic E-state index is 13.3. The van der Waals surface area contributed by atoms with Crippen molar-refractivity contribution in [1.82, 2.24) is 20.4 Å². The minimum Gasteiger partial charge on any atom is -0.360 e. The number of carbonyl (C=O) groups is 2. The molecule has 0 radical (unpaired) electrons. The molecule has 0 saturated carbocycles. The zero-order chi connectivity index (χ0) is 23.5. The second-order valence-electron chi connectivity index (χ2n) is 8.64. The normalized spacial score (nSPS) is 17.7. The van der Waals surface area contributed by atoms with E-state index in [1.807, 2.05) is 45.3 Å². The van der Waals surface area contributed by atoms with Crippen LogP contribution >= 0.6 is 11.3 Å². The van der Waals surface area contributed by atoms with E-state index in [1.165, 1.54) is 0 Å². The van der Waals surface area contributed by atoms with Gasteiger partial charge in [0.2, 0.25) is 11.8 Å². The van der Waals surface area contributed by atoms with Crippen LogP contribution in [0, 0.1) is 13.8 Å². The Morgan fingerprint density at radius 2 is 2.03 bits per heavy atom. The molecule has 4 rings (SSSR count). The van der Waals surface area contributed by atoms with Gasteiger partial charge in [-0.15, -0.1) is 11.3 Å². The molecule has 1 aliphatic rings. The molecular formula is C25H30N4O3S. The zero-order valence-corrected chi connectivity index (χ0v) is 20.3. The van der Waals surface area contributed by atoms with E-state index < -0.39 is 12.0 Å². The molecule has 174 valence electrons. The van der Waals surface area contributed by atoms with E-state index >= 15 is 0 Å². The van der Waals surface area contributed by atoms with Crippen molar-refractivity contribution in [3.05, 3.63) is 58.6 Å². The van der Waals surface area contributed by atoms with E-state index in [0.717, 1.165) is 33.8 Å². The maximum Gasteiger partial charge on any atom is 0.243 e. The third kappa shape index (κ3) is 4.85. The standard InChI is InChI=1S/C25H30N4O3S/c1-5-20(22-13-15(2)28-32-22)25(31)29-12-6-7-21(29)24(30)27-16(3)18-8-10-19(11-9-18)23-17(4)26-14-33-23/h8-11,13-14,16,20-21H,5-7,12H2,1-4H3,(H,27,30)/t16-,20+,21-/m0/s1. The summed E-state index contributed by atoms with van der Waals surface area (Å²) in [5.41, 5.74) is 5.76. The predicted octanol–water partition coefficient (Wildman–Crippen LogP) is 4.78. The number of nitrogens with zero attached hydrogens (tertiary/aromatic N) is 3. The fourth-order valence-corrected chi connectivity index (χ4v) is 5.25. The summed E-state index contributed by atoms with van der Waals surface area (Å²) in [6.07, 6.45) is 2.08. The van der Waals surface area contributed by atoms with E-state index in [-0.39, 0.29) is 17.9 Å². The Morgan fingerprint density at radius 3 is 2.64 bits per heavy atom. The van der Waals surface area contributed by atoms with Crippen molar-refractivity contribution in [3.63, 3.8) is 0 Å². The Bertz CT molecular complexity index is 1120. The molecule has 7 nitrogen and oxygen atoms in total. The van der Waals surface area contributed by atoms with Gasteiger partial charge in [0.05, 0.1) is 33.7 Å². The van der Waals surface area contributed by atoms with Gasteiger partial charge in [0.25, 0.3) is 0 Å². The van der Waals surface area contributed by atoms with Gasteiger partial charge in [-0.05, 0) is 51.2 Å². The van der Waals surface area contributed by atoms with Crippen LogP contribution in [-0.2, 0) is 9.59 Å². The van der Waals surface area contributed by atoms with E-state index in [1.54, 1.807) is 22.3 Å². The Labute approximate surface area is 198 Å². The van der Waals surface area contributed by atoms with Crippen LogP contribution in [0.15, 0.2) is 40.4 Å². The molecule has 0 spiro atoms. The number of rotatable bonds is 7. The van der Waals surface area contributed by atoms with Crippen molar-refractivity contribution in [2.45, 2.75) is 65.0 Å². The fourth-order valence-electron chi connectivity index (χ4n) is 4.44. The summed E-state index contributed by atoms with van der Waals surface area (Å²) in [4.78, 5) is 33.6. The van der Waals surface area contributed by atoms with Crippen LogP contribution in [0.1, 0.15) is 67.8 Å². The molecule has 1 fully saturated rings. The van der Waals surface area contributed by atoms with Crippen LogP contribution in [0.4, 0.5) is 0 Å². The smallest absolute Gasteiger partial charge is 0.243 e. The van der Waals surface area contributed by atoms with E-state index in [9.17, 15) is 9.59 Å². The quantitative estimate of drug-likeness (QED) is 0.541. The van der Waals surface area contributed by atoms with Crippen LogP contribution in [0.2, 0.25) is 0 Å². The third-order valence-electron chi connectivity index (χ3n) is 6.31. The van der Waals surface area contributed by atoms with Crippen LogP contribution in [-0.4, -0.2) is 39.4 Å². The first kappa shape index (κ1) is 23.2. The molecule has 8 heteroatoms. The summed E-state index contributed by atoms with van der Waals surface area (Å²) in [7, 11) is 0. The van der Waals surface area contributed by atoms with Crippen molar-refractivity contribution in [1.29, 1.82) is 0 Å². The van der Waals surface area contributed by atoms with E-state index in [2.05, 4.69) is 27.6 Å². The Kier molecular flexibility index (Phi) is 6.93. The van der Waals surface area contributed by atoms with Gasteiger partial charge in [-0.3, -0.25) is 9.59 Å². The van der Waals surface area contributed by atoms with Crippen LogP contribution in [0.5, 0.6) is 0 Å². The molecule has 0 aliphatic carbocycles. The monoisotopic (exact) mass is 466 g/mol. The lowest BCUT2D eigenvalue weighted by Crippen LogP contribution is -2.47. The molecule has 1 N–H and O–H groups in total. The minimum absolute atomic E-state index is 0.0665. The van der Waals surface area contributed by atoms with Gasteiger partial charge in [-0.2, -0.15) is 0 Å². The molecule has 0 bridgehead atoms. The summed E-state index contributed by atoms with van der Waals surface area (Å²) >= 11 is 1.62. The minimum atomic E-state index is -0.461. The summed E-state index contributed by atoms with van der Waals surface area (Å²) in [5.74, 6) is -0.0296. The number of likely N-dealkylation sites (tertiary alicyclic amines) is 1. The topological polar surface area (TPSA) is 88.3 Å². The predicted molar refractivity (Wildman–Crippen MR) is 128 cm³/mol. The number of benzene rings is 1. The summed E-state index contributed by atoms with van der Waals surface area (Å²) in [5, 5.41) is 7.03. The summed E-state index contributed by atoms with van der Waals surface area (Å²) in [6, 6.07) is 9.39. The Balaban J connectivity index is 1.42. The van der Waals surface area contributed by atoms with Gasteiger partial charge in [0.15, 0.2) is 0 Å². The first-order valence-electron chi connectivity index (χ1n) is 11.4. The molecule has 2 aromatic heterocycles. The fraction of sp³-hybridized carbons (Fsp3) is 0.440. The van der Waals surface area contributed by atoms with Crippen molar-refractivity contribution in [2.75, 3.05) is 6.54 Å². The van der Waals surface area contributed by atoms with Crippen LogP contribution in [0.25, 0.3) is 10.4 Å². The highest BCUT2D eigenvalue weighted by atomic mass is 32.1. The van der Waals surface area contributed by atoms with Crippen LogP contribution < -0.4 is 5.32 Å². The van der Waals surface area contributed by atoms with E-state index in [4.69, 9.17) is 4.52 Å². The molecule has 0 unspecified atom stereocenters. The maximum absolute atomic E-state index is 13.3. The third-order valence-corrected chi connectivity index (χ3v) is 7.29. The highest BCUT2D eigenvalue weighted by Crippen LogP contribution is 2.30. The second-order valence-corrected chi connectivity index (χ2v) is 9.50. The van der Waals surface area contributed by atoms with Gasteiger partial charge in [0, 0.05) is 12.6 Å². The Morgan fingerprint density at radius 1 is 1.27 bits per heavy atom. The molecule has 1 aliphatic heterocycles. The number of thiazole rings is 1. The van der Waals surface area contributed by atoms with Gasteiger partial charge in [-0.1, -0.05) is 36.3 Å². The second kappa shape index (κ2) is 9.87. The first-order valence-corrected chi connectivity index (χ1v) is 12.3. The summed E-state index contributed by atoms with van der Waals surface area (Å²) < 4.78 is 5.36. The SMILES string of the molecule is CC[C@@H](C(=O)N1CCC[C@H]1C(=O)N[C@@H](C)c1ccc(-c2scnc2C)cc1)c1cc(C)no1. The number of nitrogens with one attached hydrogen (secondary N) is 1. The molecule has 3 heterocycles. The highest BCUT2D eigenvalue weighted by molar-refractivity contribution is 7.13. The number of aromatic nitrogens is 2. The first-order chi connectivity index (χ1) is 15.9. The van der Waals surface area contributed by atoms with Crippen molar-refractivity contribution in [3.8, 4) is 10.4 Å². The number of hydrogen-bond donors (Lipinski definition) is 1. The highest BCUT2D eigenvalue weighted by Gasteiger charge is 2.38. The molecular weight excluding hydrogens is 436 g/mol. The van der Waals surface area contributed by atoms with Crippen molar-refractivity contribution >= 4 is 23.2 Å². The number of amides is 2. The zero-order valence-electron chi connectivity index (χ0n) is 19.5. The van der Waals surface area contributed by atoms with E-state index in [0.29, 0.717) is 25.1 Å². The molecule has 1 saturated heterocycles.